The summed E-state index contributed by atoms with van der Waals surface area (Å²) in [7, 11) is -4.29. The van der Waals surface area contributed by atoms with Crippen LogP contribution in [0.5, 0.6) is 0 Å². The number of amides is 1. The van der Waals surface area contributed by atoms with Gasteiger partial charge in [0.1, 0.15) is 11.4 Å². The summed E-state index contributed by atoms with van der Waals surface area (Å²) in [6.07, 6.45) is -2.87. The van der Waals surface area contributed by atoms with Gasteiger partial charge in [0, 0.05) is 23.6 Å². The topological polar surface area (TPSA) is 115 Å². The molecule has 1 amide bonds. The number of anilines is 1. The van der Waals surface area contributed by atoms with Crippen LogP contribution in [-0.4, -0.2) is 41.0 Å². The van der Waals surface area contributed by atoms with Crippen molar-refractivity contribution in [2.24, 2.45) is 0 Å². The van der Waals surface area contributed by atoms with Crippen molar-refractivity contribution < 1.29 is 36.0 Å². The Balaban J connectivity index is 1.68. The van der Waals surface area contributed by atoms with Crippen LogP contribution in [0.1, 0.15) is 37.7 Å². The van der Waals surface area contributed by atoms with Crippen molar-refractivity contribution in [1.82, 2.24) is 8.96 Å². The van der Waals surface area contributed by atoms with Crippen molar-refractivity contribution in [3.63, 3.8) is 0 Å². The van der Waals surface area contributed by atoms with E-state index in [1.165, 1.54) is 54.7 Å². The van der Waals surface area contributed by atoms with E-state index in [1.807, 2.05) is 0 Å². The zero-order valence-electron chi connectivity index (χ0n) is 19.4. The van der Waals surface area contributed by atoms with Crippen molar-refractivity contribution >= 4 is 33.2 Å². The Morgan fingerprint density at radius 3 is 2.26 bits per heavy atom. The minimum absolute atomic E-state index is 0.00226. The number of carbonyl (C=O) groups excluding carboxylic acids is 3. The highest BCUT2D eigenvalue weighted by Crippen LogP contribution is 2.38. The van der Waals surface area contributed by atoms with Crippen LogP contribution in [0.15, 0.2) is 78.0 Å². The minimum atomic E-state index is -5.17. The molecule has 2 aromatic heterocycles. The molecule has 0 atom stereocenters. The zero-order chi connectivity index (χ0) is 27.4. The number of hydrogen-bond acceptors (Lipinski definition) is 6. The number of carbonyl (C=O) groups is 3. The molecule has 0 unspecified atom stereocenters. The normalized spacial score (nSPS) is 13.2. The van der Waals surface area contributed by atoms with E-state index in [1.54, 1.807) is 24.4 Å². The third-order valence-electron chi connectivity index (χ3n) is 6.01. The summed E-state index contributed by atoms with van der Waals surface area (Å²) >= 11 is 0. The van der Waals surface area contributed by atoms with Gasteiger partial charge in [0.05, 0.1) is 16.0 Å². The van der Waals surface area contributed by atoms with Crippen LogP contribution in [0.25, 0.3) is 11.1 Å². The van der Waals surface area contributed by atoms with E-state index in [0.29, 0.717) is 3.97 Å². The molecule has 4 aromatic rings. The van der Waals surface area contributed by atoms with Crippen LogP contribution < -0.4 is 5.32 Å². The number of aryl methyl sites for hydroxylation is 1. The Hall–Kier alpha value is -4.58. The molecule has 8 nitrogen and oxygen atoms in total. The van der Waals surface area contributed by atoms with Crippen molar-refractivity contribution in [3.05, 3.63) is 101 Å². The smallest absolute Gasteiger partial charge is 0.318 e. The Bertz CT molecular complexity index is 1760. The first-order valence-electron chi connectivity index (χ1n) is 11.0. The van der Waals surface area contributed by atoms with Crippen LogP contribution in [0, 0.1) is 6.92 Å². The Labute approximate surface area is 213 Å². The molecule has 1 aliphatic carbocycles. The van der Waals surface area contributed by atoms with E-state index in [4.69, 9.17) is 0 Å². The highest BCUT2D eigenvalue weighted by Gasteiger charge is 2.40. The van der Waals surface area contributed by atoms with Crippen LogP contribution in [0.4, 0.5) is 18.9 Å². The number of para-hydroxylation sites is 1. The van der Waals surface area contributed by atoms with E-state index in [9.17, 15) is 36.0 Å². The predicted octanol–water partition coefficient (Wildman–Crippen LogP) is 4.37. The molecule has 1 aliphatic rings. The number of benzene rings is 2. The highest BCUT2D eigenvalue weighted by atomic mass is 32.2. The molecule has 0 saturated heterocycles. The molecule has 192 valence electrons. The molecule has 2 aromatic carbocycles. The SMILES string of the molecule is Cc1ccc(S(=O)(=O)n2ccc3c2C(=O)c2c(-c4ccccc4NC(=O)C(F)(F)F)ccnc2C3=O)cc1. The Kier molecular flexibility index (Phi) is 5.79. The molecule has 1 N–H and O–H groups in total. The van der Waals surface area contributed by atoms with Gasteiger partial charge < -0.3 is 5.32 Å². The lowest BCUT2D eigenvalue weighted by molar-refractivity contribution is -0.167. The number of rotatable bonds is 4. The Morgan fingerprint density at radius 2 is 1.58 bits per heavy atom. The van der Waals surface area contributed by atoms with Crippen molar-refractivity contribution in [3.8, 4) is 11.1 Å². The third kappa shape index (κ3) is 3.98. The fraction of sp³-hybridized carbons (Fsp3) is 0.0769. The van der Waals surface area contributed by atoms with Crippen molar-refractivity contribution in [2.75, 3.05) is 5.32 Å². The Morgan fingerprint density at radius 1 is 0.895 bits per heavy atom. The quantitative estimate of drug-likeness (QED) is 0.363. The molecule has 38 heavy (non-hydrogen) atoms. The second kappa shape index (κ2) is 8.77. The van der Waals surface area contributed by atoms with Gasteiger partial charge in [-0.05, 0) is 42.8 Å². The van der Waals surface area contributed by atoms with Gasteiger partial charge in [-0.15, -0.1) is 0 Å². The lowest BCUT2D eigenvalue weighted by Gasteiger charge is -2.20. The lowest BCUT2D eigenvalue weighted by Crippen LogP contribution is -2.30. The monoisotopic (exact) mass is 539 g/mol. The van der Waals surface area contributed by atoms with E-state index >= 15 is 0 Å². The average molecular weight is 539 g/mol. The van der Waals surface area contributed by atoms with Gasteiger partial charge in [-0.25, -0.2) is 12.4 Å². The van der Waals surface area contributed by atoms with Crippen molar-refractivity contribution in [2.45, 2.75) is 18.0 Å². The summed E-state index contributed by atoms with van der Waals surface area (Å²) in [5.41, 5.74) is -0.635. The van der Waals surface area contributed by atoms with Crippen molar-refractivity contribution in [1.29, 1.82) is 0 Å². The van der Waals surface area contributed by atoms with Crippen LogP contribution in [-0.2, 0) is 14.8 Å². The standard InChI is InChI=1S/C26H16F3N3O5S/c1-14-6-8-15(9-7-14)38(36,37)32-13-11-18-22(32)24(34)20-17(10-12-30-21(20)23(18)33)16-4-2-3-5-19(16)31-25(35)26(27,28)29/h2-13H,1H3,(H,31,35). The first-order valence-corrected chi connectivity index (χ1v) is 12.4. The molecule has 2 heterocycles. The molecular formula is C26H16F3N3O5S. The number of pyridine rings is 1. The van der Waals surface area contributed by atoms with Gasteiger partial charge in [0.25, 0.3) is 10.0 Å². The fourth-order valence-electron chi connectivity index (χ4n) is 4.20. The second-order valence-corrected chi connectivity index (χ2v) is 10.2. The minimum Gasteiger partial charge on any atom is -0.318 e. The molecule has 0 saturated carbocycles. The number of fused-ring (bicyclic) bond motifs is 2. The van der Waals surface area contributed by atoms with E-state index < -0.39 is 39.4 Å². The maximum absolute atomic E-state index is 13.8. The van der Waals surface area contributed by atoms with Gasteiger partial charge in [-0.2, -0.15) is 13.2 Å². The lowest BCUT2D eigenvalue weighted by atomic mass is 9.86. The molecular weight excluding hydrogens is 523 g/mol. The third-order valence-corrected chi connectivity index (χ3v) is 7.70. The van der Waals surface area contributed by atoms with E-state index in [0.717, 1.165) is 11.8 Å². The first kappa shape index (κ1) is 25.1. The van der Waals surface area contributed by atoms with E-state index in [2.05, 4.69) is 4.98 Å². The predicted molar refractivity (Wildman–Crippen MR) is 129 cm³/mol. The van der Waals surface area contributed by atoms with Crippen LogP contribution in [0.2, 0.25) is 0 Å². The van der Waals surface area contributed by atoms with Gasteiger partial charge in [-0.1, -0.05) is 35.9 Å². The average Bonchev–Trinajstić information content (AvgIpc) is 3.34. The first-order chi connectivity index (χ1) is 17.9. The number of alkyl halides is 3. The molecule has 0 radical (unpaired) electrons. The summed E-state index contributed by atoms with van der Waals surface area (Å²) in [6, 6.07) is 13.8. The highest BCUT2D eigenvalue weighted by molar-refractivity contribution is 7.90. The summed E-state index contributed by atoms with van der Waals surface area (Å²) in [5.74, 6) is -3.82. The molecule has 0 spiro atoms. The van der Waals surface area contributed by atoms with Gasteiger partial charge in [0.15, 0.2) is 0 Å². The van der Waals surface area contributed by atoms with E-state index in [-0.39, 0.29) is 38.5 Å². The number of nitrogens with zero attached hydrogens (tertiary/aromatic N) is 2. The van der Waals surface area contributed by atoms with Gasteiger partial charge in [-0.3, -0.25) is 19.4 Å². The molecule has 0 aliphatic heterocycles. The number of nitrogens with one attached hydrogen (secondary N) is 1. The maximum atomic E-state index is 13.8. The number of ketones is 2. The van der Waals surface area contributed by atoms with Crippen LogP contribution in [0.3, 0.4) is 0 Å². The van der Waals surface area contributed by atoms with Gasteiger partial charge in [0.2, 0.25) is 11.6 Å². The summed E-state index contributed by atoms with van der Waals surface area (Å²) < 4.78 is 66.3. The zero-order valence-corrected chi connectivity index (χ0v) is 20.2. The summed E-state index contributed by atoms with van der Waals surface area (Å²) in [6.45, 7) is 1.77. The van der Waals surface area contributed by atoms with Crippen LogP contribution >= 0.6 is 0 Å². The fourth-order valence-corrected chi connectivity index (χ4v) is 5.55. The molecule has 5 rings (SSSR count). The molecule has 0 bridgehead atoms. The number of aromatic nitrogens is 2. The second-order valence-electron chi connectivity index (χ2n) is 8.43. The maximum Gasteiger partial charge on any atom is 0.471 e. The molecule has 12 heteroatoms. The number of hydrogen-bond donors (Lipinski definition) is 1. The molecule has 0 fully saturated rings. The summed E-state index contributed by atoms with van der Waals surface area (Å²) in [4.78, 5) is 42.6. The van der Waals surface area contributed by atoms with Gasteiger partial charge >= 0.3 is 12.1 Å². The largest absolute Gasteiger partial charge is 0.471 e. The summed E-state index contributed by atoms with van der Waals surface area (Å²) in [5, 5.41) is 1.78. The number of halogens is 3.